The molecule has 0 unspecified atom stereocenters. The van der Waals surface area contributed by atoms with Gasteiger partial charge < -0.3 is 19.3 Å². The molecule has 170 valence electrons. The number of piperidine rings is 1. The van der Waals surface area contributed by atoms with Crippen molar-refractivity contribution in [2.75, 3.05) is 49.7 Å². The Morgan fingerprint density at radius 1 is 1.19 bits per heavy atom. The Labute approximate surface area is 185 Å². The number of benzene rings is 1. The molecular weight excluding hydrogens is 394 g/mol. The highest BCUT2D eigenvalue weighted by atomic mass is 16.5. The van der Waals surface area contributed by atoms with Crippen molar-refractivity contribution in [2.24, 2.45) is 11.3 Å². The molecule has 4 rings (SSSR count). The Balaban J connectivity index is 1.37. The summed E-state index contributed by atoms with van der Waals surface area (Å²) in [7, 11) is 0. The molecular formula is C24H35N3O4. The van der Waals surface area contributed by atoms with Crippen LogP contribution in [0, 0.1) is 11.3 Å². The number of amides is 2. The van der Waals surface area contributed by atoms with E-state index in [0.717, 1.165) is 70.6 Å². The van der Waals surface area contributed by atoms with E-state index in [9.17, 15) is 9.59 Å². The van der Waals surface area contributed by atoms with Gasteiger partial charge in [0.15, 0.2) is 0 Å². The van der Waals surface area contributed by atoms with Gasteiger partial charge in [-0.1, -0.05) is 13.8 Å². The first-order chi connectivity index (χ1) is 15.0. The van der Waals surface area contributed by atoms with E-state index in [2.05, 4.69) is 15.1 Å². The molecule has 7 heteroatoms. The molecule has 3 heterocycles. The van der Waals surface area contributed by atoms with Crippen LogP contribution < -0.4 is 10.2 Å². The number of nitrogens with zero attached hydrogens (tertiary/aromatic N) is 2. The molecule has 0 saturated carbocycles. The van der Waals surface area contributed by atoms with Gasteiger partial charge in [0.25, 0.3) is 0 Å². The molecule has 0 radical (unpaired) electrons. The van der Waals surface area contributed by atoms with Gasteiger partial charge in [-0.2, -0.15) is 0 Å². The SMILES string of the molecule is CC(C)COC(=O)Nc1ccc(N2CCC[C@]3(CCN(C4CCOCC4)C3=O)C2)cc1. The fraction of sp³-hybridized carbons (Fsp3) is 0.667. The lowest BCUT2D eigenvalue weighted by atomic mass is 9.78. The van der Waals surface area contributed by atoms with E-state index in [-0.39, 0.29) is 5.41 Å². The molecule has 1 aromatic rings. The summed E-state index contributed by atoms with van der Waals surface area (Å²) in [6, 6.07) is 8.19. The Morgan fingerprint density at radius 3 is 2.65 bits per heavy atom. The molecule has 1 N–H and O–H groups in total. The largest absolute Gasteiger partial charge is 0.449 e. The van der Waals surface area contributed by atoms with Crippen LogP contribution in [0.4, 0.5) is 16.2 Å². The summed E-state index contributed by atoms with van der Waals surface area (Å²) < 4.78 is 10.7. The van der Waals surface area contributed by atoms with Gasteiger partial charge in [0.2, 0.25) is 5.91 Å². The molecule has 2 amide bonds. The van der Waals surface area contributed by atoms with Crippen LogP contribution in [0.2, 0.25) is 0 Å². The van der Waals surface area contributed by atoms with Gasteiger partial charge in [-0.3, -0.25) is 10.1 Å². The number of rotatable bonds is 5. The van der Waals surface area contributed by atoms with Crippen LogP contribution in [0.15, 0.2) is 24.3 Å². The van der Waals surface area contributed by atoms with Crippen molar-refractivity contribution in [1.29, 1.82) is 0 Å². The lowest BCUT2D eigenvalue weighted by Gasteiger charge is -2.41. The van der Waals surface area contributed by atoms with Gasteiger partial charge in [0, 0.05) is 50.3 Å². The maximum absolute atomic E-state index is 13.4. The summed E-state index contributed by atoms with van der Waals surface area (Å²) >= 11 is 0. The van der Waals surface area contributed by atoms with E-state index >= 15 is 0 Å². The van der Waals surface area contributed by atoms with Crippen molar-refractivity contribution in [3.63, 3.8) is 0 Å². The highest BCUT2D eigenvalue weighted by molar-refractivity contribution is 5.86. The van der Waals surface area contributed by atoms with Crippen molar-refractivity contribution in [3.05, 3.63) is 24.3 Å². The van der Waals surface area contributed by atoms with Crippen LogP contribution >= 0.6 is 0 Å². The van der Waals surface area contributed by atoms with Crippen molar-refractivity contribution < 1.29 is 19.1 Å². The van der Waals surface area contributed by atoms with E-state index in [1.807, 2.05) is 38.1 Å². The van der Waals surface area contributed by atoms with Gasteiger partial charge in [0.05, 0.1) is 12.0 Å². The zero-order chi connectivity index (χ0) is 21.8. The normalized spacial score (nSPS) is 24.8. The minimum Gasteiger partial charge on any atom is -0.449 e. The maximum atomic E-state index is 13.4. The molecule has 3 aliphatic heterocycles. The van der Waals surface area contributed by atoms with Crippen LogP contribution in [0.25, 0.3) is 0 Å². The molecule has 3 fully saturated rings. The zero-order valence-corrected chi connectivity index (χ0v) is 18.8. The minimum atomic E-state index is -0.428. The molecule has 31 heavy (non-hydrogen) atoms. The number of hydrogen-bond acceptors (Lipinski definition) is 5. The summed E-state index contributed by atoms with van der Waals surface area (Å²) in [5.74, 6) is 0.649. The predicted molar refractivity (Wildman–Crippen MR) is 120 cm³/mol. The van der Waals surface area contributed by atoms with Crippen LogP contribution in [-0.2, 0) is 14.3 Å². The molecule has 0 aliphatic carbocycles. The van der Waals surface area contributed by atoms with E-state index in [1.165, 1.54) is 0 Å². The molecule has 1 aromatic carbocycles. The van der Waals surface area contributed by atoms with Crippen molar-refractivity contribution in [1.82, 2.24) is 4.90 Å². The van der Waals surface area contributed by atoms with Crippen LogP contribution in [0.1, 0.15) is 46.0 Å². The third kappa shape index (κ3) is 4.97. The Kier molecular flexibility index (Phi) is 6.70. The first kappa shape index (κ1) is 21.9. The second-order valence-corrected chi connectivity index (χ2v) is 9.56. The summed E-state index contributed by atoms with van der Waals surface area (Å²) in [4.78, 5) is 29.8. The lowest BCUT2D eigenvalue weighted by molar-refractivity contribution is -0.139. The van der Waals surface area contributed by atoms with E-state index in [0.29, 0.717) is 30.2 Å². The maximum Gasteiger partial charge on any atom is 0.411 e. The quantitative estimate of drug-likeness (QED) is 0.769. The van der Waals surface area contributed by atoms with E-state index < -0.39 is 6.09 Å². The predicted octanol–water partition coefficient (Wildman–Crippen LogP) is 3.89. The Hall–Kier alpha value is -2.28. The first-order valence-corrected chi connectivity index (χ1v) is 11.6. The average Bonchev–Trinajstić information content (AvgIpc) is 3.09. The zero-order valence-electron chi connectivity index (χ0n) is 18.8. The van der Waals surface area contributed by atoms with Gasteiger partial charge in [-0.05, 0) is 62.3 Å². The van der Waals surface area contributed by atoms with E-state index in [4.69, 9.17) is 9.47 Å². The number of carbonyl (C=O) groups excluding carboxylic acids is 2. The topological polar surface area (TPSA) is 71.1 Å². The molecule has 0 bridgehead atoms. The number of likely N-dealkylation sites (tertiary alicyclic amines) is 1. The van der Waals surface area contributed by atoms with Crippen molar-refractivity contribution >= 4 is 23.4 Å². The summed E-state index contributed by atoms with van der Waals surface area (Å²) in [5, 5.41) is 2.77. The monoisotopic (exact) mass is 429 g/mol. The smallest absolute Gasteiger partial charge is 0.411 e. The Bertz CT molecular complexity index is 776. The second kappa shape index (κ2) is 9.47. The fourth-order valence-electron chi connectivity index (χ4n) is 5.08. The molecule has 0 aromatic heterocycles. The fourth-order valence-corrected chi connectivity index (χ4v) is 5.08. The van der Waals surface area contributed by atoms with E-state index in [1.54, 1.807) is 0 Å². The number of hydrogen-bond donors (Lipinski definition) is 1. The van der Waals surface area contributed by atoms with Crippen LogP contribution in [0.3, 0.4) is 0 Å². The summed E-state index contributed by atoms with van der Waals surface area (Å²) in [5.41, 5.74) is 1.55. The molecule has 1 atom stereocenters. The number of ether oxygens (including phenoxy) is 2. The number of nitrogens with one attached hydrogen (secondary N) is 1. The summed E-state index contributed by atoms with van der Waals surface area (Å²) in [6.45, 7) is 8.54. The highest BCUT2D eigenvalue weighted by Gasteiger charge is 2.50. The van der Waals surface area contributed by atoms with Gasteiger partial charge in [-0.25, -0.2) is 4.79 Å². The molecule has 3 aliphatic rings. The molecule has 1 spiro atoms. The standard InChI is InChI=1S/C24H35N3O4/c1-18(2)16-31-23(29)25-19-4-6-20(7-5-19)26-12-3-10-24(17-26)11-13-27(22(24)28)21-8-14-30-15-9-21/h4-7,18,21H,3,8-17H2,1-2H3,(H,25,29)/t24-/m0/s1. The summed E-state index contributed by atoms with van der Waals surface area (Å²) in [6.07, 6.45) is 4.43. The van der Waals surface area contributed by atoms with Gasteiger partial charge in [-0.15, -0.1) is 0 Å². The van der Waals surface area contributed by atoms with Crippen LogP contribution in [0.5, 0.6) is 0 Å². The molecule has 7 nitrogen and oxygen atoms in total. The Morgan fingerprint density at radius 2 is 1.94 bits per heavy atom. The van der Waals surface area contributed by atoms with Crippen molar-refractivity contribution in [2.45, 2.75) is 52.0 Å². The number of anilines is 2. The van der Waals surface area contributed by atoms with Gasteiger partial charge in [0.1, 0.15) is 0 Å². The first-order valence-electron chi connectivity index (χ1n) is 11.6. The number of carbonyl (C=O) groups is 2. The highest BCUT2D eigenvalue weighted by Crippen LogP contribution is 2.43. The van der Waals surface area contributed by atoms with Crippen LogP contribution in [-0.4, -0.2) is 62.4 Å². The van der Waals surface area contributed by atoms with Gasteiger partial charge >= 0.3 is 6.09 Å². The van der Waals surface area contributed by atoms with Crippen molar-refractivity contribution in [3.8, 4) is 0 Å². The third-order valence-electron chi connectivity index (χ3n) is 6.78. The average molecular weight is 430 g/mol. The lowest BCUT2D eigenvalue weighted by Crippen LogP contribution is -2.50. The third-order valence-corrected chi connectivity index (χ3v) is 6.78. The minimum absolute atomic E-state index is 0.256. The molecule has 3 saturated heterocycles. The second-order valence-electron chi connectivity index (χ2n) is 9.56.